The molecule has 0 aromatic heterocycles. The highest BCUT2D eigenvalue weighted by Crippen LogP contribution is 2.22. The monoisotopic (exact) mass is 439 g/mol. The van der Waals surface area contributed by atoms with Crippen molar-refractivity contribution in [3.63, 3.8) is 0 Å². The number of rotatable bonds is 7. The zero-order chi connectivity index (χ0) is 22.0. The number of carbonyl (C=O) groups is 1. The Bertz CT molecular complexity index is 1140. The summed E-state index contributed by atoms with van der Waals surface area (Å²) in [5.74, 6) is -0.547. The molecule has 0 atom stereocenters. The molecule has 0 saturated carbocycles. The van der Waals surface area contributed by atoms with Crippen molar-refractivity contribution >= 4 is 37.3 Å². The number of likely N-dealkylation sites (N-methyl/N-ethyl adjacent to an activating group) is 1. The minimum absolute atomic E-state index is 0.117. The first-order valence-electron chi connectivity index (χ1n) is 8.71. The third-order valence-electron chi connectivity index (χ3n) is 4.37. The molecular formula is C19H25N3O5S2. The van der Waals surface area contributed by atoms with Crippen molar-refractivity contribution in [3.05, 3.63) is 53.1 Å². The molecule has 2 aromatic rings. The van der Waals surface area contributed by atoms with E-state index in [1.165, 1.54) is 19.2 Å². The summed E-state index contributed by atoms with van der Waals surface area (Å²) in [6.45, 7) is 5.04. The van der Waals surface area contributed by atoms with Crippen molar-refractivity contribution in [3.8, 4) is 0 Å². The molecule has 0 bridgehead atoms. The smallest absolute Gasteiger partial charge is 0.243 e. The van der Waals surface area contributed by atoms with Crippen molar-refractivity contribution < 1.29 is 21.6 Å². The number of carbonyl (C=O) groups excluding carboxylic acids is 1. The van der Waals surface area contributed by atoms with Gasteiger partial charge in [-0.15, -0.1) is 0 Å². The number of benzene rings is 2. The maximum Gasteiger partial charge on any atom is 0.243 e. The van der Waals surface area contributed by atoms with Crippen molar-refractivity contribution in [2.45, 2.75) is 25.7 Å². The molecule has 0 saturated heterocycles. The van der Waals surface area contributed by atoms with Gasteiger partial charge in [-0.3, -0.25) is 9.52 Å². The van der Waals surface area contributed by atoms with Crippen LogP contribution in [0.5, 0.6) is 0 Å². The number of hydrogen-bond donors (Lipinski definition) is 2. The van der Waals surface area contributed by atoms with Gasteiger partial charge in [0.2, 0.25) is 26.0 Å². The first-order valence-corrected chi connectivity index (χ1v) is 12.0. The molecule has 0 radical (unpaired) electrons. The van der Waals surface area contributed by atoms with Gasteiger partial charge < -0.3 is 5.32 Å². The van der Waals surface area contributed by atoms with Crippen LogP contribution in [0.25, 0.3) is 0 Å². The van der Waals surface area contributed by atoms with E-state index in [1.807, 2.05) is 13.8 Å². The van der Waals surface area contributed by atoms with E-state index in [0.717, 1.165) is 21.7 Å². The van der Waals surface area contributed by atoms with Crippen LogP contribution in [0.4, 0.5) is 11.4 Å². The lowest BCUT2D eigenvalue weighted by molar-refractivity contribution is -0.116. The summed E-state index contributed by atoms with van der Waals surface area (Å²) in [6, 6.07) is 9.54. The quantitative estimate of drug-likeness (QED) is 0.687. The zero-order valence-electron chi connectivity index (χ0n) is 17.0. The average Bonchev–Trinajstić information content (AvgIpc) is 2.58. The Balaban J connectivity index is 2.14. The van der Waals surface area contributed by atoms with Gasteiger partial charge in [0.1, 0.15) is 0 Å². The van der Waals surface area contributed by atoms with Crippen LogP contribution in [-0.4, -0.2) is 46.9 Å². The first-order chi connectivity index (χ1) is 13.3. The number of amides is 1. The second-order valence-electron chi connectivity index (χ2n) is 6.96. The maximum absolute atomic E-state index is 12.7. The third-order valence-corrected chi connectivity index (χ3v) is 6.76. The summed E-state index contributed by atoms with van der Waals surface area (Å²) in [7, 11) is -5.97. The fourth-order valence-corrected chi connectivity index (χ4v) is 4.38. The van der Waals surface area contributed by atoms with Crippen LogP contribution < -0.4 is 10.0 Å². The van der Waals surface area contributed by atoms with Gasteiger partial charge in [0.25, 0.3) is 0 Å². The van der Waals surface area contributed by atoms with Crippen LogP contribution in [0.1, 0.15) is 16.7 Å². The topological polar surface area (TPSA) is 113 Å². The molecular weight excluding hydrogens is 414 g/mol. The van der Waals surface area contributed by atoms with Crippen molar-refractivity contribution in [1.82, 2.24) is 4.31 Å². The van der Waals surface area contributed by atoms with Crippen molar-refractivity contribution in [1.29, 1.82) is 0 Å². The number of hydrogen-bond acceptors (Lipinski definition) is 5. The zero-order valence-corrected chi connectivity index (χ0v) is 18.6. The van der Waals surface area contributed by atoms with Gasteiger partial charge in [-0.05, 0) is 61.7 Å². The molecule has 29 heavy (non-hydrogen) atoms. The molecule has 0 fully saturated rings. The molecule has 0 aliphatic rings. The van der Waals surface area contributed by atoms with Gasteiger partial charge in [-0.2, -0.15) is 4.31 Å². The van der Waals surface area contributed by atoms with Gasteiger partial charge in [0, 0.05) is 12.7 Å². The van der Waals surface area contributed by atoms with Crippen molar-refractivity contribution in [2.24, 2.45) is 0 Å². The minimum atomic E-state index is -3.82. The Morgan fingerprint density at radius 2 is 1.55 bits per heavy atom. The molecule has 8 nitrogen and oxygen atoms in total. The summed E-state index contributed by atoms with van der Waals surface area (Å²) in [5, 5.41) is 2.59. The molecule has 2 N–H and O–H groups in total. The molecule has 158 valence electrons. The third kappa shape index (κ3) is 6.02. The van der Waals surface area contributed by atoms with Gasteiger partial charge in [0.15, 0.2) is 0 Å². The van der Waals surface area contributed by atoms with E-state index in [-0.39, 0.29) is 4.90 Å². The molecule has 2 aromatic carbocycles. The molecule has 0 aliphatic heterocycles. The Hall–Kier alpha value is -2.43. The highest BCUT2D eigenvalue weighted by atomic mass is 32.2. The van der Waals surface area contributed by atoms with Gasteiger partial charge in [0.05, 0.1) is 23.4 Å². The predicted molar refractivity (Wildman–Crippen MR) is 114 cm³/mol. The van der Waals surface area contributed by atoms with E-state index in [2.05, 4.69) is 10.0 Å². The summed E-state index contributed by atoms with van der Waals surface area (Å²) >= 11 is 0. The Kier molecular flexibility index (Phi) is 6.71. The van der Waals surface area contributed by atoms with E-state index in [1.54, 1.807) is 31.2 Å². The average molecular weight is 440 g/mol. The van der Waals surface area contributed by atoms with Crippen LogP contribution in [-0.2, 0) is 24.8 Å². The molecule has 1 amide bonds. The van der Waals surface area contributed by atoms with Gasteiger partial charge >= 0.3 is 0 Å². The normalized spacial score (nSPS) is 12.1. The number of anilines is 2. The maximum atomic E-state index is 12.7. The lowest BCUT2D eigenvalue weighted by Gasteiger charge is -2.18. The highest BCUT2D eigenvalue weighted by molar-refractivity contribution is 7.92. The Labute approximate surface area is 172 Å². The van der Waals surface area contributed by atoms with E-state index in [9.17, 15) is 21.6 Å². The second-order valence-corrected chi connectivity index (χ2v) is 10.8. The molecule has 0 heterocycles. The molecule has 0 unspecified atom stereocenters. The summed E-state index contributed by atoms with van der Waals surface area (Å²) in [4.78, 5) is 12.5. The second kappa shape index (κ2) is 8.52. The Morgan fingerprint density at radius 1 is 0.931 bits per heavy atom. The van der Waals surface area contributed by atoms with E-state index >= 15 is 0 Å². The van der Waals surface area contributed by atoms with E-state index in [0.29, 0.717) is 16.9 Å². The van der Waals surface area contributed by atoms with Crippen LogP contribution in [0.3, 0.4) is 0 Å². The van der Waals surface area contributed by atoms with Crippen LogP contribution in [0.15, 0.2) is 41.3 Å². The van der Waals surface area contributed by atoms with Gasteiger partial charge in [-0.25, -0.2) is 16.8 Å². The summed E-state index contributed by atoms with van der Waals surface area (Å²) in [6.07, 6.45) is 1.03. The Morgan fingerprint density at radius 3 is 2.14 bits per heavy atom. The number of nitrogens with zero attached hydrogens (tertiary/aromatic N) is 1. The molecule has 10 heteroatoms. The van der Waals surface area contributed by atoms with Crippen LogP contribution in [0.2, 0.25) is 0 Å². The number of aryl methyl sites for hydroxylation is 3. The van der Waals surface area contributed by atoms with Crippen LogP contribution in [0, 0.1) is 20.8 Å². The number of sulfonamides is 2. The standard InChI is InChI=1S/C19H25N3O5S2/c1-13-7-9-17(10-15(13)3)29(26,27)22(4)12-19(23)20-16-8-6-14(2)18(11-16)21-28(5,24)25/h6-11,21H,12H2,1-5H3,(H,20,23). The summed E-state index contributed by atoms with van der Waals surface area (Å²) < 4.78 is 51.7. The molecule has 0 spiro atoms. The van der Waals surface area contributed by atoms with E-state index < -0.39 is 32.5 Å². The fourth-order valence-electron chi connectivity index (χ4n) is 2.55. The molecule has 0 aliphatic carbocycles. The lowest BCUT2D eigenvalue weighted by atomic mass is 10.1. The summed E-state index contributed by atoms with van der Waals surface area (Å²) in [5.41, 5.74) is 3.18. The van der Waals surface area contributed by atoms with Gasteiger partial charge in [-0.1, -0.05) is 12.1 Å². The molecule has 2 rings (SSSR count). The first kappa shape index (κ1) is 22.9. The predicted octanol–water partition coefficient (Wildman–Crippen LogP) is 2.24. The van der Waals surface area contributed by atoms with E-state index in [4.69, 9.17) is 0 Å². The highest BCUT2D eigenvalue weighted by Gasteiger charge is 2.23. The number of nitrogens with one attached hydrogen (secondary N) is 2. The fraction of sp³-hybridized carbons (Fsp3) is 0.316. The largest absolute Gasteiger partial charge is 0.325 e. The lowest BCUT2D eigenvalue weighted by Crippen LogP contribution is -2.35. The minimum Gasteiger partial charge on any atom is -0.325 e. The SMILES string of the molecule is Cc1ccc(S(=O)(=O)N(C)CC(=O)Nc2ccc(C)c(NS(C)(=O)=O)c2)cc1C. The van der Waals surface area contributed by atoms with Crippen LogP contribution >= 0.6 is 0 Å². The van der Waals surface area contributed by atoms with Crippen molar-refractivity contribution in [2.75, 3.05) is 29.9 Å².